The number of ether oxygens (including phenoxy) is 5. The van der Waals surface area contributed by atoms with Crippen LogP contribution < -0.4 is 0 Å². The van der Waals surface area contributed by atoms with Crippen molar-refractivity contribution in [3.8, 4) is 0 Å². The molecule has 0 aromatic heterocycles. The molecule has 49 heavy (non-hydrogen) atoms. The van der Waals surface area contributed by atoms with Crippen molar-refractivity contribution < 1.29 is 37.7 Å². The molecular formula is C39H72NO8Si. The van der Waals surface area contributed by atoms with E-state index in [-0.39, 0.29) is 36.6 Å². The predicted molar refractivity (Wildman–Crippen MR) is 201 cm³/mol. The van der Waals surface area contributed by atoms with E-state index in [0.717, 1.165) is 90.4 Å². The molecule has 1 rings (SSSR count). The number of carbonyl (C=O) groups excluding carboxylic acids is 2. The number of unbranched alkanes of at least 4 members (excludes halogenated alkanes) is 4. The van der Waals surface area contributed by atoms with Crippen LogP contribution >= 0.6 is 0 Å². The highest BCUT2D eigenvalue weighted by Gasteiger charge is 2.37. The molecule has 285 valence electrons. The minimum atomic E-state index is -1.76. The molecule has 0 aromatic rings. The Morgan fingerprint density at radius 2 is 1.49 bits per heavy atom. The second-order valence-electron chi connectivity index (χ2n) is 14.8. The number of hydrogen-bond donors (Lipinski definition) is 0. The summed E-state index contributed by atoms with van der Waals surface area (Å²) in [5.74, 6) is -0.470. The van der Waals surface area contributed by atoms with Crippen molar-refractivity contribution in [3.63, 3.8) is 0 Å². The Kier molecular flexibility index (Phi) is 25.0. The van der Waals surface area contributed by atoms with E-state index in [9.17, 15) is 9.59 Å². The Balaban J connectivity index is 2.30. The number of likely N-dealkylation sites (tertiary alicyclic amines) is 1. The zero-order chi connectivity index (χ0) is 36.4. The summed E-state index contributed by atoms with van der Waals surface area (Å²) in [6.45, 7) is 24.7. The lowest BCUT2D eigenvalue weighted by Gasteiger charge is -2.38. The van der Waals surface area contributed by atoms with E-state index in [1.165, 1.54) is 0 Å². The normalized spacial score (nSPS) is 16.9. The lowest BCUT2D eigenvalue weighted by molar-refractivity contribution is -0.160. The minimum Gasteiger partial charge on any atom is -0.465 e. The van der Waals surface area contributed by atoms with Crippen molar-refractivity contribution in [2.24, 2.45) is 11.8 Å². The van der Waals surface area contributed by atoms with Gasteiger partial charge in [-0.3, -0.25) is 4.79 Å². The topological polar surface area (TPSA) is 92.8 Å². The molecule has 0 bridgehead atoms. The van der Waals surface area contributed by atoms with Crippen LogP contribution in [0.1, 0.15) is 112 Å². The molecule has 1 aliphatic rings. The summed E-state index contributed by atoms with van der Waals surface area (Å²) in [4.78, 5) is 27.2. The average Bonchev–Trinajstić information content (AvgIpc) is 3.06. The predicted octanol–water partition coefficient (Wildman–Crippen LogP) is 9.28. The van der Waals surface area contributed by atoms with Crippen LogP contribution in [-0.4, -0.2) is 90.9 Å². The van der Waals surface area contributed by atoms with Gasteiger partial charge in [0.25, 0.3) is 0 Å². The first kappa shape index (κ1) is 45.3. The summed E-state index contributed by atoms with van der Waals surface area (Å²) in [5, 5.41) is 0.199. The summed E-state index contributed by atoms with van der Waals surface area (Å²) >= 11 is 0. The van der Waals surface area contributed by atoms with E-state index < -0.39 is 26.7 Å². The number of nitrogens with zero attached hydrogens (tertiary/aromatic N) is 1. The van der Waals surface area contributed by atoms with Crippen LogP contribution in [0.3, 0.4) is 0 Å². The summed E-state index contributed by atoms with van der Waals surface area (Å²) in [5.41, 5.74) is 0. The van der Waals surface area contributed by atoms with Gasteiger partial charge >= 0.3 is 12.1 Å². The largest absolute Gasteiger partial charge is 0.508 e. The molecule has 0 saturated carbocycles. The Morgan fingerprint density at radius 3 is 2.08 bits per heavy atom. The first-order chi connectivity index (χ1) is 23.4. The fraction of sp³-hybridized carbons (Fsp3) is 0.821. The molecule has 0 amide bonds. The number of carbonyl (C=O) groups is 2. The smallest absolute Gasteiger partial charge is 0.465 e. The second kappa shape index (κ2) is 27.0. The zero-order valence-corrected chi connectivity index (χ0v) is 33.3. The van der Waals surface area contributed by atoms with E-state index >= 15 is 0 Å². The van der Waals surface area contributed by atoms with E-state index in [1.54, 1.807) is 0 Å². The first-order valence-electron chi connectivity index (χ1n) is 19.1. The van der Waals surface area contributed by atoms with Gasteiger partial charge in [0.05, 0.1) is 19.6 Å². The fourth-order valence-corrected chi connectivity index (χ4v) is 6.09. The average molecular weight is 711 g/mol. The molecule has 1 saturated heterocycles. The van der Waals surface area contributed by atoms with Gasteiger partial charge in [-0.2, -0.15) is 0 Å². The van der Waals surface area contributed by atoms with Crippen molar-refractivity contribution in [1.29, 1.82) is 0 Å². The van der Waals surface area contributed by atoms with Crippen LogP contribution in [0.15, 0.2) is 24.3 Å². The number of piperidine rings is 1. The lowest BCUT2D eigenvalue weighted by atomic mass is 9.99. The van der Waals surface area contributed by atoms with Crippen LogP contribution in [-0.2, 0) is 32.9 Å². The highest BCUT2D eigenvalue weighted by atomic mass is 28.4. The van der Waals surface area contributed by atoms with Crippen LogP contribution in [0.25, 0.3) is 0 Å². The molecule has 1 radical (unpaired) electrons. The molecule has 10 heteroatoms. The molecule has 0 aliphatic carbocycles. The SMILES string of the molecule is [CH2]C(COC(=O)CCC(OCCCC/C=C\CC)OCCCC/C=C\CC)COC(=O)OCC1CCCN(CCO[Si](C)(C)C(C)(C)C)C1. The maximum Gasteiger partial charge on any atom is 0.508 e. The number of esters is 1. The van der Waals surface area contributed by atoms with Crippen LogP contribution in [0, 0.1) is 18.8 Å². The molecule has 0 aromatic carbocycles. The number of hydrogen-bond acceptors (Lipinski definition) is 9. The summed E-state index contributed by atoms with van der Waals surface area (Å²) in [6.07, 6.45) is 18.5. The lowest BCUT2D eigenvalue weighted by Crippen LogP contribution is -2.44. The first-order valence-corrected chi connectivity index (χ1v) is 22.0. The molecule has 0 spiro atoms. The van der Waals surface area contributed by atoms with Crippen LogP contribution in [0.5, 0.6) is 0 Å². The van der Waals surface area contributed by atoms with Gasteiger partial charge in [-0.15, -0.1) is 0 Å². The van der Waals surface area contributed by atoms with Crippen LogP contribution in [0.2, 0.25) is 18.1 Å². The van der Waals surface area contributed by atoms with E-state index in [4.69, 9.17) is 28.1 Å². The third-order valence-corrected chi connectivity index (χ3v) is 13.7. The Bertz CT molecular complexity index is 895. The van der Waals surface area contributed by atoms with Crippen molar-refractivity contribution in [2.45, 2.75) is 136 Å². The van der Waals surface area contributed by atoms with E-state index in [0.29, 0.717) is 26.2 Å². The van der Waals surface area contributed by atoms with Gasteiger partial charge in [0, 0.05) is 51.2 Å². The molecule has 1 heterocycles. The summed E-state index contributed by atoms with van der Waals surface area (Å²) < 4.78 is 34.4. The Hall–Kier alpha value is -1.72. The second-order valence-corrected chi connectivity index (χ2v) is 19.6. The standard InChI is InChI=1S/C39H72NO8Si/c1-9-11-13-15-17-19-27-43-37(44-28-20-18-16-14-12-10-2)24-23-36(41)45-31-34(3)32-46-38(42)47-33-35-22-21-25-40(30-35)26-29-48-49(7,8)39(4,5)6/h11-14,34-35,37H,3,9-10,15-33H2,1-2,4-8H3/b13-11-,14-12-. The Labute approximate surface area is 300 Å². The molecule has 1 aliphatic heterocycles. The zero-order valence-electron chi connectivity index (χ0n) is 32.3. The molecule has 2 unspecified atom stereocenters. The third-order valence-electron chi connectivity index (χ3n) is 9.16. The Morgan fingerprint density at radius 1 is 0.878 bits per heavy atom. The van der Waals surface area contributed by atoms with Crippen molar-refractivity contribution in [2.75, 3.05) is 59.3 Å². The van der Waals surface area contributed by atoms with Gasteiger partial charge in [0.1, 0.15) is 6.61 Å². The summed E-state index contributed by atoms with van der Waals surface area (Å²) in [6, 6.07) is 0. The highest BCUT2D eigenvalue weighted by molar-refractivity contribution is 6.74. The van der Waals surface area contributed by atoms with Crippen LogP contribution in [0.4, 0.5) is 4.79 Å². The molecular weight excluding hydrogens is 639 g/mol. The maximum absolute atomic E-state index is 12.5. The quantitative estimate of drug-likeness (QED) is 0.0272. The van der Waals surface area contributed by atoms with Gasteiger partial charge in [-0.1, -0.05) is 58.9 Å². The fourth-order valence-electron chi connectivity index (χ4n) is 5.06. The minimum absolute atomic E-state index is 0.0173. The highest BCUT2D eigenvalue weighted by Crippen LogP contribution is 2.36. The van der Waals surface area contributed by atoms with Gasteiger partial charge in [-0.25, -0.2) is 4.79 Å². The number of rotatable bonds is 27. The summed E-state index contributed by atoms with van der Waals surface area (Å²) in [7, 11) is -1.76. The molecule has 2 atom stereocenters. The third kappa shape index (κ3) is 23.4. The molecule has 9 nitrogen and oxygen atoms in total. The molecule has 1 fully saturated rings. The maximum atomic E-state index is 12.5. The van der Waals surface area contributed by atoms with Crippen molar-refractivity contribution in [3.05, 3.63) is 31.2 Å². The van der Waals surface area contributed by atoms with Crippen molar-refractivity contribution >= 4 is 20.4 Å². The monoisotopic (exact) mass is 711 g/mol. The van der Waals surface area contributed by atoms with Gasteiger partial charge in [-0.05, 0) is 95.8 Å². The van der Waals surface area contributed by atoms with Crippen molar-refractivity contribution in [1.82, 2.24) is 4.90 Å². The molecule has 0 N–H and O–H groups in total. The van der Waals surface area contributed by atoms with Gasteiger partial charge in [0.2, 0.25) is 0 Å². The van der Waals surface area contributed by atoms with E-state index in [1.807, 2.05) is 0 Å². The van der Waals surface area contributed by atoms with E-state index in [2.05, 4.69) is 83.8 Å². The number of allylic oxidation sites excluding steroid dienone is 4. The van der Waals surface area contributed by atoms with Gasteiger partial charge < -0.3 is 33.0 Å². The van der Waals surface area contributed by atoms with Gasteiger partial charge in [0.15, 0.2) is 14.6 Å².